The van der Waals surface area contributed by atoms with Crippen LogP contribution in [0.25, 0.3) is 0 Å². The van der Waals surface area contributed by atoms with Gasteiger partial charge in [-0.3, -0.25) is 14.9 Å². The van der Waals surface area contributed by atoms with Crippen LogP contribution >= 0.6 is 0 Å². The summed E-state index contributed by atoms with van der Waals surface area (Å²) in [6, 6.07) is 4.44. The molecule has 0 aromatic heterocycles. The van der Waals surface area contributed by atoms with E-state index in [1.807, 2.05) is 0 Å². The molecule has 10 nitrogen and oxygen atoms in total. The minimum absolute atomic E-state index is 0.0341. The fraction of sp³-hybridized carbons (Fsp3) is 0.588. The van der Waals surface area contributed by atoms with Crippen molar-refractivity contribution in [3.8, 4) is 0 Å². The maximum atomic E-state index is 12.9. The third kappa shape index (κ3) is 4.59. The molecule has 0 unspecified atom stereocenters. The molecule has 2 atom stereocenters. The zero-order valence-electron chi connectivity index (χ0n) is 15.9. The van der Waals surface area contributed by atoms with Gasteiger partial charge in [0.2, 0.25) is 15.9 Å². The maximum absolute atomic E-state index is 12.9. The first kappa shape index (κ1) is 21.7. The molecule has 29 heavy (non-hydrogen) atoms. The van der Waals surface area contributed by atoms with E-state index in [1.54, 1.807) is 7.05 Å². The highest BCUT2D eigenvalue weighted by Crippen LogP contribution is 2.28. The van der Waals surface area contributed by atoms with E-state index in [2.05, 4.69) is 0 Å². The largest absolute Gasteiger partial charge is 0.341 e. The molecule has 0 radical (unpaired) electrons. The number of hydrogen-bond donors (Lipinski definition) is 0. The molecule has 1 amide bonds. The predicted molar refractivity (Wildman–Crippen MR) is 104 cm³/mol. The lowest BCUT2D eigenvalue weighted by atomic mass is 9.97. The molecule has 0 spiro atoms. The summed E-state index contributed by atoms with van der Waals surface area (Å²) in [7, 11) is -5.57. The first-order valence-electron chi connectivity index (χ1n) is 9.23. The Balaban J connectivity index is 1.75. The Labute approximate surface area is 169 Å². The van der Waals surface area contributed by atoms with Gasteiger partial charge in [0.1, 0.15) is 0 Å². The van der Waals surface area contributed by atoms with Gasteiger partial charge in [0, 0.05) is 38.3 Å². The van der Waals surface area contributed by atoms with E-state index in [4.69, 9.17) is 0 Å². The highest BCUT2D eigenvalue weighted by Gasteiger charge is 2.38. The van der Waals surface area contributed by atoms with E-state index >= 15 is 0 Å². The van der Waals surface area contributed by atoms with Crippen LogP contribution in [0.3, 0.4) is 0 Å². The summed E-state index contributed by atoms with van der Waals surface area (Å²) in [4.78, 5) is 24.4. The topological polar surface area (TPSA) is 135 Å². The van der Waals surface area contributed by atoms with E-state index < -0.39 is 36.7 Å². The minimum atomic E-state index is -3.99. The summed E-state index contributed by atoms with van der Waals surface area (Å²) in [5, 5.41) is 10.9. The van der Waals surface area contributed by atoms with Gasteiger partial charge in [0.05, 0.1) is 27.2 Å². The van der Waals surface area contributed by atoms with Crippen molar-refractivity contribution in [3.05, 3.63) is 34.4 Å². The van der Waals surface area contributed by atoms with Gasteiger partial charge in [-0.2, -0.15) is 4.31 Å². The molecule has 12 heteroatoms. The number of piperidine rings is 1. The molecule has 0 N–H and O–H groups in total. The highest BCUT2D eigenvalue weighted by atomic mass is 32.2. The smallest absolute Gasteiger partial charge is 0.270 e. The van der Waals surface area contributed by atoms with Crippen molar-refractivity contribution in [1.82, 2.24) is 9.21 Å². The molecule has 1 aromatic carbocycles. The summed E-state index contributed by atoms with van der Waals surface area (Å²) >= 11 is 0. The van der Waals surface area contributed by atoms with Crippen molar-refractivity contribution < 1.29 is 26.6 Å². The zero-order valence-corrected chi connectivity index (χ0v) is 17.6. The first-order valence-corrected chi connectivity index (χ1v) is 12.5. The predicted octanol–water partition coefficient (Wildman–Crippen LogP) is 0.641. The molecule has 160 valence electrons. The van der Waals surface area contributed by atoms with Crippen LogP contribution in [0.4, 0.5) is 5.69 Å². The fourth-order valence-corrected chi connectivity index (χ4v) is 7.16. The second-order valence-electron chi connectivity index (χ2n) is 7.46. The second-order valence-corrected chi connectivity index (χ2v) is 11.6. The van der Waals surface area contributed by atoms with E-state index in [9.17, 15) is 31.7 Å². The molecular formula is C17H23N3O7S2. The number of hydrogen-bond acceptors (Lipinski definition) is 7. The lowest BCUT2D eigenvalue weighted by Crippen LogP contribution is -2.48. The van der Waals surface area contributed by atoms with Crippen molar-refractivity contribution in [3.63, 3.8) is 0 Å². The number of benzene rings is 1. The van der Waals surface area contributed by atoms with Gasteiger partial charge < -0.3 is 4.90 Å². The zero-order chi connectivity index (χ0) is 21.4. The number of amides is 1. The Kier molecular flexibility index (Phi) is 5.97. The lowest BCUT2D eigenvalue weighted by Gasteiger charge is -2.34. The van der Waals surface area contributed by atoms with Crippen LogP contribution in [-0.4, -0.2) is 74.6 Å². The van der Waals surface area contributed by atoms with Crippen molar-refractivity contribution in [1.29, 1.82) is 0 Å². The van der Waals surface area contributed by atoms with E-state index in [-0.39, 0.29) is 41.1 Å². The van der Waals surface area contributed by atoms with Crippen molar-refractivity contribution >= 4 is 31.5 Å². The molecule has 0 saturated carbocycles. The van der Waals surface area contributed by atoms with Crippen molar-refractivity contribution in [2.24, 2.45) is 5.92 Å². The number of carbonyl (C=O) groups excluding carboxylic acids is 1. The number of nitro benzene ring substituents is 1. The number of nitro groups is 1. The SMILES string of the molecule is CN(C(=O)[C@@H]1CCCN(S(=O)(=O)c2cccc([N+](=O)[O-])c2)C1)[C@@H]1CCS(=O)(=O)C1. The van der Waals surface area contributed by atoms with Gasteiger partial charge in [-0.05, 0) is 25.3 Å². The lowest BCUT2D eigenvalue weighted by molar-refractivity contribution is -0.385. The molecular weight excluding hydrogens is 422 g/mol. The molecule has 2 saturated heterocycles. The Bertz CT molecular complexity index is 1020. The number of nitrogens with zero attached hydrogens (tertiary/aromatic N) is 3. The van der Waals surface area contributed by atoms with E-state index in [1.165, 1.54) is 27.4 Å². The van der Waals surface area contributed by atoms with Crippen molar-refractivity contribution in [2.45, 2.75) is 30.2 Å². The summed E-state index contributed by atoms with van der Waals surface area (Å²) in [5.74, 6) is -0.873. The van der Waals surface area contributed by atoms with Gasteiger partial charge in [-0.1, -0.05) is 6.07 Å². The quantitative estimate of drug-likeness (QED) is 0.479. The molecule has 3 rings (SSSR count). The van der Waals surface area contributed by atoms with Crippen LogP contribution in [0.2, 0.25) is 0 Å². The minimum Gasteiger partial charge on any atom is -0.341 e. The van der Waals surface area contributed by atoms with E-state index in [0.717, 1.165) is 6.07 Å². The van der Waals surface area contributed by atoms with Gasteiger partial charge in [0.25, 0.3) is 5.69 Å². The highest BCUT2D eigenvalue weighted by molar-refractivity contribution is 7.91. The second kappa shape index (κ2) is 8.00. The summed E-state index contributed by atoms with van der Waals surface area (Å²) in [6.45, 7) is 0.185. The van der Waals surface area contributed by atoms with Crippen LogP contribution in [-0.2, 0) is 24.7 Å². The van der Waals surface area contributed by atoms with Crippen LogP contribution in [0.15, 0.2) is 29.2 Å². The monoisotopic (exact) mass is 445 g/mol. The number of sulfone groups is 1. The first-order chi connectivity index (χ1) is 13.5. The Hall–Kier alpha value is -2.05. The van der Waals surface area contributed by atoms with Crippen LogP contribution in [0.1, 0.15) is 19.3 Å². The summed E-state index contributed by atoms with van der Waals surface area (Å²) in [6.07, 6.45) is 1.36. The number of rotatable bonds is 5. The summed E-state index contributed by atoms with van der Waals surface area (Å²) < 4.78 is 50.4. The van der Waals surface area contributed by atoms with Gasteiger partial charge in [0.15, 0.2) is 9.84 Å². The number of carbonyl (C=O) groups is 1. The van der Waals surface area contributed by atoms with Gasteiger partial charge >= 0.3 is 0 Å². The third-order valence-corrected chi connectivity index (χ3v) is 9.11. The van der Waals surface area contributed by atoms with Crippen LogP contribution in [0, 0.1) is 16.0 Å². The molecule has 2 fully saturated rings. The molecule has 2 aliphatic rings. The normalized spacial score (nSPS) is 24.9. The third-order valence-electron chi connectivity index (χ3n) is 5.50. The maximum Gasteiger partial charge on any atom is 0.270 e. The average molecular weight is 446 g/mol. The van der Waals surface area contributed by atoms with Gasteiger partial charge in [-0.25, -0.2) is 16.8 Å². The standard InChI is InChI=1S/C17H23N3O7S2/c1-18(15-7-9-28(24,25)12-15)17(21)13-4-3-8-19(11-13)29(26,27)16-6-2-5-14(10-16)20(22)23/h2,5-6,10,13,15H,3-4,7-9,11-12H2,1H3/t13-,15-/m1/s1. The average Bonchev–Trinajstić information content (AvgIpc) is 3.06. The van der Waals surface area contributed by atoms with E-state index in [0.29, 0.717) is 19.3 Å². The molecule has 2 aliphatic heterocycles. The van der Waals surface area contributed by atoms with Crippen LogP contribution < -0.4 is 0 Å². The Morgan fingerprint density at radius 3 is 2.66 bits per heavy atom. The van der Waals surface area contributed by atoms with Crippen molar-refractivity contribution in [2.75, 3.05) is 31.6 Å². The molecule has 0 bridgehead atoms. The summed E-state index contributed by atoms with van der Waals surface area (Å²) in [5.41, 5.74) is -0.321. The van der Waals surface area contributed by atoms with Crippen LogP contribution in [0.5, 0.6) is 0 Å². The fourth-order valence-electron chi connectivity index (χ4n) is 3.82. The molecule has 0 aliphatic carbocycles. The number of non-ortho nitro benzene ring substituents is 1. The number of sulfonamides is 1. The molecule has 2 heterocycles. The Morgan fingerprint density at radius 1 is 1.31 bits per heavy atom. The molecule has 1 aromatic rings. The Morgan fingerprint density at radius 2 is 2.03 bits per heavy atom. The van der Waals surface area contributed by atoms with Gasteiger partial charge in [-0.15, -0.1) is 0 Å².